The molecule has 4 saturated carbocycles. The molecule has 1 heteroatoms. The van der Waals surface area contributed by atoms with Gasteiger partial charge in [0.1, 0.15) is 0 Å². The van der Waals surface area contributed by atoms with E-state index < -0.39 is 0 Å². The van der Waals surface area contributed by atoms with Gasteiger partial charge in [0.15, 0.2) is 0 Å². The van der Waals surface area contributed by atoms with Crippen molar-refractivity contribution in [3.05, 3.63) is 35.9 Å². The van der Waals surface area contributed by atoms with Gasteiger partial charge in [-0.25, -0.2) is 0 Å². The SMILES string of the molecule is CCCC[C@@]12C[C@H]3C[C@@](OC)(C1)C[C@](c1ccccc1)(C3)C2. The van der Waals surface area contributed by atoms with E-state index >= 15 is 0 Å². The molecule has 1 aromatic rings. The summed E-state index contributed by atoms with van der Waals surface area (Å²) in [6, 6.07) is 11.4. The minimum Gasteiger partial charge on any atom is -0.378 e. The standard InChI is InChI=1S/C21H30O/c1-3-4-10-19-11-17-12-20(14-19,18-8-6-5-7-9-18)16-21(13-17,15-19)22-2/h5-9,17H,3-4,10-16H2,1-2H3/t17-,19+,20+,21-/m1/s1. The van der Waals surface area contributed by atoms with Crippen LogP contribution in [-0.4, -0.2) is 12.7 Å². The molecule has 0 heterocycles. The second kappa shape index (κ2) is 5.09. The number of methoxy groups -OCH3 is 1. The molecule has 1 nitrogen and oxygen atoms in total. The summed E-state index contributed by atoms with van der Waals surface area (Å²) in [5, 5.41) is 0. The lowest BCUT2D eigenvalue weighted by Crippen LogP contribution is -2.62. The maximum Gasteiger partial charge on any atom is 0.0695 e. The Labute approximate surface area is 135 Å². The lowest BCUT2D eigenvalue weighted by molar-refractivity contribution is -0.192. The van der Waals surface area contributed by atoms with E-state index in [4.69, 9.17) is 4.74 Å². The molecule has 4 aliphatic carbocycles. The lowest BCUT2D eigenvalue weighted by Gasteiger charge is -2.66. The summed E-state index contributed by atoms with van der Waals surface area (Å²) >= 11 is 0. The molecule has 0 radical (unpaired) electrons. The number of hydrogen-bond acceptors (Lipinski definition) is 1. The Balaban J connectivity index is 1.75. The monoisotopic (exact) mass is 298 g/mol. The molecule has 22 heavy (non-hydrogen) atoms. The zero-order valence-corrected chi connectivity index (χ0v) is 14.2. The average Bonchev–Trinajstić information content (AvgIpc) is 2.53. The van der Waals surface area contributed by atoms with Crippen molar-refractivity contribution in [3.8, 4) is 0 Å². The first-order valence-corrected chi connectivity index (χ1v) is 9.24. The molecule has 4 atom stereocenters. The first-order chi connectivity index (χ1) is 10.6. The van der Waals surface area contributed by atoms with Gasteiger partial charge in [0.05, 0.1) is 5.60 Å². The summed E-state index contributed by atoms with van der Waals surface area (Å²) in [7, 11) is 1.97. The second-order valence-corrected chi connectivity index (χ2v) is 8.65. The molecule has 0 spiro atoms. The topological polar surface area (TPSA) is 9.23 Å². The molecule has 1 aromatic carbocycles. The molecular formula is C21H30O. The zero-order valence-electron chi connectivity index (χ0n) is 14.2. The third-order valence-electron chi connectivity index (χ3n) is 7.01. The van der Waals surface area contributed by atoms with Crippen LogP contribution in [0, 0.1) is 11.3 Å². The van der Waals surface area contributed by atoms with E-state index in [1.54, 1.807) is 5.56 Å². The molecule has 0 saturated heterocycles. The van der Waals surface area contributed by atoms with Crippen molar-refractivity contribution >= 4 is 0 Å². The third kappa shape index (κ3) is 2.16. The van der Waals surface area contributed by atoms with Gasteiger partial charge < -0.3 is 4.74 Å². The van der Waals surface area contributed by atoms with E-state index in [-0.39, 0.29) is 5.60 Å². The number of benzene rings is 1. The first kappa shape index (κ1) is 14.8. The third-order valence-corrected chi connectivity index (χ3v) is 7.01. The highest BCUT2D eigenvalue weighted by Crippen LogP contribution is 2.69. The Bertz CT molecular complexity index is 538. The molecule has 0 amide bonds. The maximum absolute atomic E-state index is 6.20. The smallest absolute Gasteiger partial charge is 0.0695 e. The van der Waals surface area contributed by atoms with E-state index in [9.17, 15) is 0 Å². The van der Waals surface area contributed by atoms with Crippen molar-refractivity contribution in [3.63, 3.8) is 0 Å². The molecule has 4 bridgehead atoms. The van der Waals surface area contributed by atoms with Gasteiger partial charge in [-0.05, 0) is 67.3 Å². The minimum absolute atomic E-state index is 0.170. The molecule has 0 aromatic heterocycles. The quantitative estimate of drug-likeness (QED) is 0.699. The van der Waals surface area contributed by atoms with Gasteiger partial charge in [0.2, 0.25) is 0 Å². The van der Waals surface area contributed by atoms with Gasteiger partial charge in [-0.3, -0.25) is 0 Å². The molecule has 0 unspecified atom stereocenters. The van der Waals surface area contributed by atoms with Crippen molar-refractivity contribution < 1.29 is 4.74 Å². The van der Waals surface area contributed by atoms with Crippen molar-refractivity contribution in [2.45, 2.75) is 75.7 Å². The highest BCUT2D eigenvalue weighted by Gasteiger charge is 2.63. The maximum atomic E-state index is 6.20. The van der Waals surface area contributed by atoms with Crippen molar-refractivity contribution in [2.24, 2.45) is 11.3 Å². The van der Waals surface area contributed by atoms with E-state index in [0.29, 0.717) is 10.8 Å². The van der Waals surface area contributed by atoms with E-state index in [1.807, 2.05) is 7.11 Å². The fraction of sp³-hybridized carbons (Fsp3) is 0.714. The predicted octanol–water partition coefficient (Wildman–Crippen LogP) is 5.48. The number of ether oxygens (including phenoxy) is 1. The Morgan fingerprint density at radius 1 is 1.05 bits per heavy atom. The Kier molecular flexibility index (Phi) is 3.41. The van der Waals surface area contributed by atoms with Crippen LogP contribution in [0.3, 0.4) is 0 Å². The molecular weight excluding hydrogens is 268 g/mol. The number of unbranched alkanes of at least 4 members (excludes halogenated alkanes) is 1. The van der Waals surface area contributed by atoms with Crippen LogP contribution < -0.4 is 0 Å². The van der Waals surface area contributed by atoms with Crippen LogP contribution in [0.1, 0.15) is 70.3 Å². The van der Waals surface area contributed by atoms with Gasteiger partial charge in [-0.2, -0.15) is 0 Å². The zero-order chi connectivity index (χ0) is 15.3. The molecule has 4 fully saturated rings. The van der Waals surface area contributed by atoms with Gasteiger partial charge >= 0.3 is 0 Å². The van der Waals surface area contributed by atoms with Crippen LogP contribution in [0.2, 0.25) is 0 Å². The van der Waals surface area contributed by atoms with Gasteiger partial charge in [0, 0.05) is 7.11 Å². The van der Waals surface area contributed by atoms with Crippen LogP contribution >= 0.6 is 0 Å². The van der Waals surface area contributed by atoms with Crippen molar-refractivity contribution in [2.75, 3.05) is 7.11 Å². The van der Waals surface area contributed by atoms with Crippen molar-refractivity contribution in [1.29, 1.82) is 0 Å². The minimum atomic E-state index is 0.170. The second-order valence-electron chi connectivity index (χ2n) is 8.65. The fourth-order valence-corrected chi connectivity index (χ4v) is 6.72. The highest BCUT2D eigenvalue weighted by molar-refractivity contribution is 5.32. The van der Waals surface area contributed by atoms with Crippen LogP contribution in [0.15, 0.2) is 30.3 Å². The molecule has 4 aliphatic rings. The Hall–Kier alpha value is -0.820. The number of rotatable bonds is 5. The van der Waals surface area contributed by atoms with E-state index in [2.05, 4.69) is 37.3 Å². The molecule has 5 rings (SSSR count). The Morgan fingerprint density at radius 3 is 2.59 bits per heavy atom. The number of hydrogen-bond donors (Lipinski definition) is 0. The normalized spacial score (nSPS) is 42.7. The summed E-state index contributed by atoms with van der Waals surface area (Å²) in [5.41, 5.74) is 2.70. The van der Waals surface area contributed by atoms with Crippen LogP contribution in [-0.2, 0) is 10.2 Å². The summed E-state index contributed by atoms with van der Waals surface area (Å²) in [5.74, 6) is 0.883. The van der Waals surface area contributed by atoms with Crippen molar-refractivity contribution in [1.82, 2.24) is 0 Å². The summed E-state index contributed by atoms with van der Waals surface area (Å²) in [6.07, 6.45) is 12.3. The van der Waals surface area contributed by atoms with Crippen LogP contribution in [0.4, 0.5) is 0 Å². The largest absolute Gasteiger partial charge is 0.378 e. The summed E-state index contributed by atoms with van der Waals surface area (Å²) < 4.78 is 6.20. The summed E-state index contributed by atoms with van der Waals surface area (Å²) in [4.78, 5) is 0. The predicted molar refractivity (Wildman–Crippen MR) is 91.0 cm³/mol. The molecule has 120 valence electrons. The van der Waals surface area contributed by atoms with Crippen LogP contribution in [0.5, 0.6) is 0 Å². The summed E-state index contributed by atoms with van der Waals surface area (Å²) in [6.45, 7) is 2.33. The fourth-order valence-electron chi connectivity index (χ4n) is 6.72. The molecule has 0 N–H and O–H groups in total. The van der Waals surface area contributed by atoms with E-state index in [0.717, 1.165) is 5.92 Å². The van der Waals surface area contributed by atoms with Gasteiger partial charge in [0.25, 0.3) is 0 Å². The van der Waals surface area contributed by atoms with E-state index in [1.165, 1.54) is 57.8 Å². The van der Waals surface area contributed by atoms with Crippen LogP contribution in [0.25, 0.3) is 0 Å². The molecule has 0 aliphatic heterocycles. The van der Waals surface area contributed by atoms with Gasteiger partial charge in [-0.1, -0.05) is 50.1 Å². The van der Waals surface area contributed by atoms with Gasteiger partial charge in [-0.15, -0.1) is 0 Å². The Morgan fingerprint density at radius 2 is 1.86 bits per heavy atom. The highest BCUT2D eigenvalue weighted by atomic mass is 16.5. The average molecular weight is 298 g/mol. The lowest BCUT2D eigenvalue weighted by atomic mass is 9.40. The first-order valence-electron chi connectivity index (χ1n) is 9.24.